The summed E-state index contributed by atoms with van der Waals surface area (Å²) in [6.07, 6.45) is 1.07. The Balaban J connectivity index is 2.04. The van der Waals surface area contributed by atoms with Gasteiger partial charge in [-0.1, -0.05) is 30.7 Å². The Kier molecular flexibility index (Phi) is 6.03. The Morgan fingerprint density at radius 3 is 2.81 bits per heavy atom. The van der Waals surface area contributed by atoms with Crippen molar-refractivity contribution >= 4 is 11.6 Å². The number of benzene rings is 2. The lowest BCUT2D eigenvalue weighted by Crippen LogP contribution is -2.14. The van der Waals surface area contributed by atoms with E-state index in [1.807, 2.05) is 18.2 Å². The molecule has 0 bridgehead atoms. The van der Waals surface area contributed by atoms with Gasteiger partial charge < -0.3 is 10.1 Å². The molecule has 0 unspecified atom stereocenters. The van der Waals surface area contributed by atoms with Crippen molar-refractivity contribution < 1.29 is 9.13 Å². The lowest BCUT2D eigenvalue weighted by Gasteiger charge is -2.13. The first-order chi connectivity index (χ1) is 10.2. The van der Waals surface area contributed by atoms with Crippen LogP contribution in [-0.4, -0.2) is 6.54 Å². The van der Waals surface area contributed by atoms with Crippen molar-refractivity contribution in [3.8, 4) is 5.75 Å². The molecule has 0 fully saturated rings. The molecule has 2 nitrogen and oxygen atoms in total. The molecule has 0 aliphatic rings. The third kappa shape index (κ3) is 5.03. The van der Waals surface area contributed by atoms with Crippen molar-refractivity contribution in [2.45, 2.75) is 26.5 Å². The molecule has 0 saturated heterocycles. The minimum Gasteiger partial charge on any atom is -0.489 e. The molecule has 0 atom stereocenters. The summed E-state index contributed by atoms with van der Waals surface area (Å²) < 4.78 is 18.9. The highest BCUT2D eigenvalue weighted by Crippen LogP contribution is 2.24. The van der Waals surface area contributed by atoms with Crippen LogP contribution in [-0.2, 0) is 13.2 Å². The van der Waals surface area contributed by atoms with Crippen molar-refractivity contribution in [1.29, 1.82) is 0 Å². The molecule has 0 aromatic heterocycles. The van der Waals surface area contributed by atoms with Crippen LogP contribution >= 0.6 is 11.6 Å². The van der Waals surface area contributed by atoms with Crippen molar-refractivity contribution in [2.75, 3.05) is 6.54 Å². The molecule has 0 spiro atoms. The Labute approximate surface area is 129 Å². The zero-order valence-electron chi connectivity index (χ0n) is 12.0. The standard InChI is InChI=1S/C17H19ClFNO/c1-2-8-20-11-14-10-15(18)6-7-17(14)21-12-13-4-3-5-16(19)9-13/h3-7,9-10,20H,2,8,11-12H2,1H3. The van der Waals surface area contributed by atoms with Crippen LogP contribution in [0.4, 0.5) is 4.39 Å². The van der Waals surface area contributed by atoms with E-state index >= 15 is 0 Å². The number of halogens is 2. The first kappa shape index (κ1) is 15.8. The summed E-state index contributed by atoms with van der Waals surface area (Å²) in [6.45, 7) is 4.09. The zero-order valence-corrected chi connectivity index (χ0v) is 12.8. The predicted octanol–water partition coefficient (Wildman–Crippen LogP) is 4.56. The van der Waals surface area contributed by atoms with Gasteiger partial charge in [0.15, 0.2) is 0 Å². The molecule has 112 valence electrons. The fraction of sp³-hybridized carbons (Fsp3) is 0.294. The largest absolute Gasteiger partial charge is 0.489 e. The van der Waals surface area contributed by atoms with Crippen LogP contribution in [0.2, 0.25) is 5.02 Å². The van der Waals surface area contributed by atoms with Crippen molar-refractivity contribution in [2.24, 2.45) is 0 Å². The molecule has 0 radical (unpaired) electrons. The Bertz CT molecular complexity index is 589. The predicted molar refractivity (Wildman–Crippen MR) is 84.2 cm³/mol. The maximum atomic E-state index is 13.1. The molecule has 2 rings (SSSR count). The van der Waals surface area contributed by atoms with Gasteiger partial charge in [0, 0.05) is 17.1 Å². The highest BCUT2D eigenvalue weighted by Gasteiger charge is 2.05. The number of hydrogen-bond donors (Lipinski definition) is 1. The summed E-state index contributed by atoms with van der Waals surface area (Å²) in [6, 6.07) is 12.0. The molecule has 0 saturated carbocycles. The molecule has 0 aliphatic heterocycles. The summed E-state index contributed by atoms with van der Waals surface area (Å²) in [5, 5.41) is 4.01. The van der Waals surface area contributed by atoms with Crippen LogP contribution in [0.1, 0.15) is 24.5 Å². The molecule has 0 heterocycles. The summed E-state index contributed by atoms with van der Waals surface area (Å²) in [4.78, 5) is 0. The average Bonchev–Trinajstić information content (AvgIpc) is 2.47. The van der Waals surface area contributed by atoms with Crippen molar-refractivity contribution in [3.63, 3.8) is 0 Å². The maximum absolute atomic E-state index is 13.1. The van der Waals surface area contributed by atoms with Gasteiger partial charge in [-0.25, -0.2) is 4.39 Å². The second kappa shape index (κ2) is 8.01. The van der Waals surface area contributed by atoms with Crippen molar-refractivity contribution in [1.82, 2.24) is 5.32 Å². The number of ether oxygens (including phenoxy) is 1. The van der Waals surface area contributed by atoms with Crippen LogP contribution in [0.3, 0.4) is 0 Å². The highest BCUT2D eigenvalue weighted by molar-refractivity contribution is 6.30. The fourth-order valence-corrected chi connectivity index (χ4v) is 2.21. The van der Waals surface area contributed by atoms with Gasteiger partial charge in [0.2, 0.25) is 0 Å². The number of hydrogen-bond acceptors (Lipinski definition) is 2. The van der Waals surface area contributed by atoms with Gasteiger partial charge >= 0.3 is 0 Å². The van der Waals surface area contributed by atoms with Gasteiger partial charge in [-0.2, -0.15) is 0 Å². The third-order valence-electron chi connectivity index (χ3n) is 3.05. The zero-order chi connectivity index (χ0) is 15.1. The summed E-state index contributed by atoms with van der Waals surface area (Å²) in [5.41, 5.74) is 1.81. The van der Waals surface area contributed by atoms with Gasteiger partial charge in [-0.3, -0.25) is 0 Å². The molecule has 4 heteroatoms. The van der Waals surface area contributed by atoms with E-state index in [-0.39, 0.29) is 5.82 Å². The first-order valence-electron chi connectivity index (χ1n) is 7.05. The van der Waals surface area contributed by atoms with Crippen LogP contribution in [0.15, 0.2) is 42.5 Å². The van der Waals surface area contributed by atoms with E-state index in [9.17, 15) is 4.39 Å². The molecule has 0 amide bonds. The third-order valence-corrected chi connectivity index (χ3v) is 3.28. The van der Waals surface area contributed by atoms with Crippen LogP contribution in [0, 0.1) is 5.82 Å². The monoisotopic (exact) mass is 307 g/mol. The summed E-state index contributed by atoms with van der Waals surface area (Å²) in [7, 11) is 0. The van der Waals surface area contributed by atoms with Crippen LogP contribution in [0.5, 0.6) is 5.75 Å². The SMILES string of the molecule is CCCNCc1cc(Cl)ccc1OCc1cccc(F)c1. The number of rotatable bonds is 7. The lowest BCUT2D eigenvalue weighted by atomic mass is 10.2. The van der Waals surface area contributed by atoms with Gasteiger partial charge in [-0.05, 0) is 48.9 Å². The van der Waals surface area contributed by atoms with Gasteiger partial charge in [0.05, 0.1) is 0 Å². The fourth-order valence-electron chi connectivity index (χ4n) is 2.01. The van der Waals surface area contributed by atoms with E-state index < -0.39 is 0 Å². The lowest BCUT2D eigenvalue weighted by molar-refractivity contribution is 0.301. The summed E-state index contributed by atoms with van der Waals surface area (Å²) >= 11 is 6.03. The van der Waals surface area contributed by atoms with E-state index in [0.29, 0.717) is 18.2 Å². The maximum Gasteiger partial charge on any atom is 0.124 e. The topological polar surface area (TPSA) is 21.3 Å². The van der Waals surface area contributed by atoms with E-state index in [1.165, 1.54) is 12.1 Å². The molecular formula is C17H19ClFNO. The van der Waals surface area contributed by atoms with E-state index in [2.05, 4.69) is 12.2 Å². The summed E-state index contributed by atoms with van der Waals surface area (Å²) in [5.74, 6) is 0.518. The van der Waals surface area contributed by atoms with Crippen LogP contribution < -0.4 is 10.1 Å². The minimum atomic E-state index is -0.253. The highest BCUT2D eigenvalue weighted by atomic mass is 35.5. The van der Waals surface area contributed by atoms with Gasteiger partial charge in [-0.15, -0.1) is 0 Å². The molecule has 0 aliphatic carbocycles. The van der Waals surface area contributed by atoms with Crippen LogP contribution in [0.25, 0.3) is 0 Å². The Morgan fingerprint density at radius 2 is 2.05 bits per heavy atom. The van der Waals surface area contributed by atoms with E-state index in [1.54, 1.807) is 12.1 Å². The van der Waals surface area contributed by atoms with E-state index in [4.69, 9.17) is 16.3 Å². The molecule has 1 N–H and O–H groups in total. The second-order valence-corrected chi connectivity index (χ2v) is 5.28. The average molecular weight is 308 g/mol. The smallest absolute Gasteiger partial charge is 0.124 e. The normalized spacial score (nSPS) is 10.6. The molecular weight excluding hydrogens is 289 g/mol. The molecule has 21 heavy (non-hydrogen) atoms. The first-order valence-corrected chi connectivity index (χ1v) is 7.43. The quantitative estimate of drug-likeness (QED) is 0.757. The van der Waals surface area contributed by atoms with Gasteiger partial charge in [0.1, 0.15) is 18.2 Å². The molecule has 2 aromatic rings. The second-order valence-electron chi connectivity index (χ2n) is 4.85. The van der Waals surface area contributed by atoms with Crippen molar-refractivity contribution in [3.05, 3.63) is 64.4 Å². The minimum absolute atomic E-state index is 0.253. The Morgan fingerprint density at radius 1 is 1.19 bits per heavy atom. The Hall–Kier alpha value is -1.58. The van der Waals surface area contributed by atoms with E-state index in [0.717, 1.165) is 29.8 Å². The number of nitrogens with one attached hydrogen (secondary N) is 1. The molecule has 2 aromatic carbocycles. The van der Waals surface area contributed by atoms with Gasteiger partial charge in [0.25, 0.3) is 0 Å².